The molecular weight excluding hydrogens is 220 g/mol. The minimum atomic E-state index is -1.27. The van der Waals surface area contributed by atoms with Gasteiger partial charge in [-0.05, 0) is 5.56 Å². The Bertz CT molecular complexity index is 452. The zero-order valence-corrected chi connectivity index (χ0v) is 9.65. The molecule has 0 aliphatic heterocycles. The lowest BCUT2D eigenvalue weighted by molar-refractivity contribution is -0.134. The number of nitrogens with one attached hydrogen (secondary N) is 2. The standard InChI is InChI=1S/C12H14N2O3/c1-13-10(8-6-4-3-5-7-8)9(12(16)17)11(15)14-2/h3-7,13H,1-2H3,(H,14,15)(H,16,17)/b10-9+. The van der Waals surface area contributed by atoms with E-state index in [1.165, 1.54) is 7.05 Å². The number of hydrogen-bond donors (Lipinski definition) is 3. The van der Waals surface area contributed by atoms with Gasteiger partial charge in [0.05, 0.1) is 5.70 Å². The van der Waals surface area contributed by atoms with Crippen LogP contribution in [0.1, 0.15) is 5.56 Å². The van der Waals surface area contributed by atoms with E-state index in [0.29, 0.717) is 5.56 Å². The Morgan fingerprint density at radius 3 is 2.06 bits per heavy atom. The minimum absolute atomic E-state index is 0.289. The number of hydrogen-bond acceptors (Lipinski definition) is 3. The molecule has 0 fully saturated rings. The molecule has 0 saturated heterocycles. The summed E-state index contributed by atoms with van der Waals surface area (Å²) >= 11 is 0. The second-order valence-corrected chi connectivity index (χ2v) is 3.25. The lowest BCUT2D eigenvalue weighted by atomic mass is 10.1. The summed E-state index contributed by atoms with van der Waals surface area (Å²) in [4.78, 5) is 22.7. The lowest BCUT2D eigenvalue weighted by Gasteiger charge is -2.11. The number of likely N-dealkylation sites (N-methyl/N-ethyl adjacent to an activating group) is 1. The summed E-state index contributed by atoms with van der Waals surface area (Å²) in [6.45, 7) is 0. The van der Waals surface area contributed by atoms with Crippen molar-refractivity contribution in [2.24, 2.45) is 0 Å². The molecule has 0 radical (unpaired) electrons. The molecular formula is C12H14N2O3. The highest BCUT2D eigenvalue weighted by Crippen LogP contribution is 2.15. The van der Waals surface area contributed by atoms with Crippen molar-refractivity contribution in [2.75, 3.05) is 14.1 Å². The molecule has 0 spiro atoms. The molecule has 0 aliphatic rings. The Morgan fingerprint density at radius 1 is 1.06 bits per heavy atom. The van der Waals surface area contributed by atoms with E-state index in [4.69, 9.17) is 5.11 Å². The second-order valence-electron chi connectivity index (χ2n) is 3.25. The summed E-state index contributed by atoms with van der Waals surface area (Å²) in [5, 5.41) is 14.1. The average molecular weight is 234 g/mol. The van der Waals surface area contributed by atoms with Gasteiger partial charge in [-0.25, -0.2) is 4.79 Å². The number of aliphatic carboxylic acids is 1. The van der Waals surface area contributed by atoms with Gasteiger partial charge in [-0.1, -0.05) is 30.3 Å². The van der Waals surface area contributed by atoms with Crippen LogP contribution in [0.25, 0.3) is 5.70 Å². The van der Waals surface area contributed by atoms with E-state index in [0.717, 1.165) is 0 Å². The molecule has 90 valence electrons. The van der Waals surface area contributed by atoms with E-state index in [-0.39, 0.29) is 11.3 Å². The SMILES string of the molecule is CNC(=O)/C(C(=O)O)=C(\NC)c1ccccc1. The van der Waals surface area contributed by atoms with Gasteiger partial charge in [0, 0.05) is 14.1 Å². The first kappa shape index (κ1) is 12.8. The molecule has 17 heavy (non-hydrogen) atoms. The van der Waals surface area contributed by atoms with Gasteiger partial charge >= 0.3 is 5.97 Å². The third-order valence-corrected chi connectivity index (χ3v) is 2.23. The summed E-state index contributed by atoms with van der Waals surface area (Å²) < 4.78 is 0. The van der Waals surface area contributed by atoms with Crippen molar-refractivity contribution in [2.45, 2.75) is 0 Å². The Morgan fingerprint density at radius 2 is 1.65 bits per heavy atom. The molecule has 5 heteroatoms. The van der Waals surface area contributed by atoms with Gasteiger partial charge in [0.15, 0.2) is 0 Å². The molecule has 0 heterocycles. The maximum absolute atomic E-state index is 11.5. The highest BCUT2D eigenvalue weighted by molar-refractivity contribution is 6.21. The van der Waals surface area contributed by atoms with Gasteiger partial charge in [-0.3, -0.25) is 4.79 Å². The fraction of sp³-hybridized carbons (Fsp3) is 0.167. The molecule has 3 N–H and O–H groups in total. The van der Waals surface area contributed by atoms with Crippen molar-refractivity contribution in [1.82, 2.24) is 10.6 Å². The maximum Gasteiger partial charge on any atom is 0.343 e. The van der Waals surface area contributed by atoms with Crippen LogP contribution in [-0.2, 0) is 9.59 Å². The van der Waals surface area contributed by atoms with Crippen LogP contribution < -0.4 is 10.6 Å². The normalized spacial score (nSPS) is 11.4. The maximum atomic E-state index is 11.5. The molecule has 1 rings (SSSR count). The van der Waals surface area contributed by atoms with E-state index in [9.17, 15) is 9.59 Å². The van der Waals surface area contributed by atoms with Crippen LogP contribution in [0, 0.1) is 0 Å². The zero-order chi connectivity index (χ0) is 12.8. The van der Waals surface area contributed by atoms with E-state index >= 15 is 0 Å². The molecule has 5 nitrogen and oxygen atoms in total. The number of benzene rings is 1. The fourth-order valence-electron chi connectivity index (χ4n) is 1.46. The number of rotatable bonds is 4. The third-order valence-electron chi connectivity index (χ3n) is 2.23. The van der Waals surface area contributed by atoms with Crippen LogP contribution in [0.3, 0.4) is 0 Å². The highest BCUT2D eigenvalue weighted by Gasteiger charge is 2.21. The fourth-order valence-corrected chi connectivity index (χ4v) is 1.46. The van der Waals surface area contributed by atoms with Gasteiger partial charge in [0.2, 0.25) is 0 Å². The van der Waals surface area contributed by atoms with E-state index in [1.54, 1.807) is 31.3 Å². The Balaban J connectivity index is 3.37. The smallest absolute Gasteiger partial charge is 0.343 e. The summed E-state index contributed by atoms with van der Waals surface area (Å²) in [6.07, 6.45) is 0. The predicted molar refractivity (Wildman–Crippen MR) is 64.1 cm³/mol. The van der Waals surface area contributed by atoms with Crippen molar-refractivity contribution >= 4 is 17.6 Å². The van der Waals surface area contributed by atoms with Crippen molar-refractivity contribution in [3.63, 3.8) is 0 Å². The first-order chi connectivity index (χ1) is 8.11. The van der Waals surface area contributed by atoms with E-state index < -0.39 is 11.9 Å². The molecule has 0 unspecified atom stereocenters. The summed E-state index contributed by atoms with van der Waals surface area (Å²) in [5.41, 5.74) is 0.634. The van der Waals surface area contributed by atoms with Crippen LogP contribution in [-0.4, -0.2) is 31.1 Å². The quantitative estimate of drug-likeness (QED) is 0.401. The van der Waals surface area contributed by atoms with Crippen LogP contribution >= 0.6 is 0 Å². The second kappa shape index (κ2) is 5.69. The monoisotopic (exact) mass is 234 g/mol. The largest absolute Gasteiger partial charge is 0.477 e. The lowest BCUT2D eigenvalue weighted by Crippen LogP contribution is -2.28. The van der Waals surface area contributed by atoms with Crippen molar-refractivity contribution in [3.8, 4) is 0 Å². The topological polar surface area (TPSA) is 78.4 Å². The van der Waals surface area contributed by atoms with E-state index in [1.807, 2.05) is 6.07 Å². The first-order valence-electron chi connectivity index (χ1n) is 5.04. The van der Waals surface area contributed by atoms with Crippen LogP contribution in [0.5, 0.6) is 0 Å². The number of amides is 1. The molecule has 1 aromatic rings. The Labute approximate surface area is 99.1 Å². The molecule has 0 saturated carbocycles. The molecule has 0 bridgehead atoms. The van der Waals surface area contributed by atoms with Crippen LogP contribution in [0.15, 0.2) is 35.9 Å². The summed E-state index contributed by atoms with van der Waals surface area (Å²) in [5.74, 6) is -1.90. The molecule has 0 atom stereocenters. The van der Waals surface area contributed by atoms with E-state index in [2.05, 4.69) is 10.6 Å². The Kier molecular flexibility index (Phi) is 4.28. The van der Waals surface area contributed by atoms with Gasteiger partial charge in [0.1, 0.15) is 5.57 Å². The average Bonchev–Trinajstić information content (AvgIpc) is 2.35. The number of carboxylic acids is 1. The molecule has 0 aromatic heterocycles. The minimum Gasteiger partial charge on any atom is -0.477 e. The third kappa shape index (κ3) is 2.84. The molecule has 1 amide bonds. The van der Waals surface area contributed by atoms with Crippen LogP contribution in [0.4, 0.5) is 0 Å². The van der Waals surface area contributed by atoms with Crippen molar-refractivity contribution < 1.29 is 14.7 Å². The van der Waals surface area contributed by atoms with Gasteiger partial charge < -0.3 is 15.7 Å². The predicted octanol–water partition coefficient (Wildman–Crippen LogP) is 0.448. The number of carbonyl (C=O) groups is 2. The van der Waals surface area contributed by atoms with Gasteiger partial charge in [0.25, 0.3) is 5.91 Å². The van der Waals surface area contributed by atoms with Crippen LogP contribution in [0.2, 0.25) is 0 Å². The summed E-state index contributed by atoms with van der Waals surface area (Å²) in [7, 11) is 2.97. The zero-order valence-electron chi connectivity index (χ0n) is 9.65. The number of carbonyl (C=O) groups excluding carboxylic acids is 1. The van der Waals surface area contributed by atoms with Gasteiger partial charge in [-0.2, -0.15) is 0 Å². The summed E-state index contributed by atoms with van der Waals surface area (Å²) in [6, 6.07) is 8.83. The molecule has 1 aromatic carbocycles. The Hall–Kier alpha value is -2.30. The molecule has 0 aliphatic carbocycles. The highest BCUT2D eigenvalue weighted by atomic mass is 16.4. The van der Waals surface area contributed by atoms with Gasteiger partial charge in [-0.15, -0.1) is 0 Å². The van der Waals surface area contributed by atoms with Crippen molar-refractivity contribution in [3.05, 3.63) is 41.5 Å². The van der Waals surface area contributed by atoms with Crippen molar-refractivity contribution in [1.29, 1.82) is 0 Å². The first-order valence-corrected chi connectivity index (χ1v) is 5.04. The number of carboxylic acid groups (broad SMARTS) is 1.